The first-order valence-corrected chi connectivity index (χ1v) is 10.8. The molecule has 2 amide bonds. The predicted molar refractivity (Wildman–Crippen MR) is 117 cm³/mol. The maximum Gasteiger partial charge on any atom is 0.254 e. The largest absolute Gasteiger partial charge is 0.393 e. The Bertz CT molecular complexity index is 1070. The van der Waals surface area contributed by atoms with Gasteiger partial charge in [0.05, 0.1) is 17.5 Å². The Kier molecular flexibility index (Phi) is 6.11. The van der Waals surface area contributed by atoms with Crippen LogP contribution in [-0.2, 0) is 16.1 Å². The van der Waals surface area contributed by atoms with E-state index < -0.39 is 0 Å². The van der Waals surface area contributed by atoms with Crippen LogP contribution < -0.4 is 10.9 Å². The molecular formula is C22H25ClN4O4. The van der Waals surface area contributed by atoms with Gasteiger partial charge in [-0.2, -0.15) is 0 Å². The van der Waals surface area contributed by atoms with E-state index in [0.717, 1.165) is 12.8 Å². The van der Waals surface area contributed by atoms with Crippen LogP contribution in [0.2, 0.25) is 5.02 Å². The Labute approximate surface area is 184 Å². The van der Waals surface area contributed by atoms with Crippen LogP contribution in [0.1, 0.15) is 31.5 Å². The molecule has 1 saturated heterocycles. The van der Waals surface area contributed by atoms with Gasteiger partial charge in [0.25, 0.3) is 5.56 Å². The Balaban J connectivity index is 1.58. The molecule has 31 heavy (non-hydrogen) atoms. The number of aliphatic hydroxyl groups excluding tert-OH is 1. The van der Waals surface area contributed by atoms with Crippen molar-refractivity contribution < 1.29 is 14.7 Å². The molecule has 0 bridgehead atoms. The molecule has 0 atom stereocenters. The highest BCUT2D eigenvalue weighted by Crippen LogP contribution is 2.33. The molecule has 2 aromatic rings. The Morgan fingerprint density at radius 2 is 1.90 bits per heavy atom. The lowest BCUT2D eigenvalue weighted by atomic mass is 10.1. The molecule has 2 fully saturated rings. The molecule has 164 valence electrons. The number of likely N-dealkylation sites (tertiary alicyclic amines) is 1. The molecule has 1 aliphatic carbocycles. The summed E-state index contributed by atoms with van der Waals surface area (Å²) >= 11 is 6.12. The van der Waals surface area contributed by atoms with Crippen LogP contribution in [0.5, 0.6) is 0 Å². The summed E-state index contributed by atoms with van der Waals surface area (Å²) in [5.74, 6) is 0.195. The molecule has 1 aliphatic heterocycles. The number of aliphatic hydroxyl groups is 1. The minimum absolute atomic E-state index is 0.0245. The third-order valence-electron chi connectivity index (χ3n) is 5.77. The fourth-order valence-corrected chi connectivity index (χ4v) is 3.90. The maximum absolute atomic E-state index is 12.8. The number of benzene rings is 1. The standard InChI is InChI=1S/C22H25ClN4O4/c1-13-24-19(17-5-4-15(23)10-18(17)25-22(31)14-2-3-14)11-20(29)27(13)12-21(30)26-8-6-16(28)7-9-26/h4-5,10-11,14,16,28H,2-3,6-9,12H2,1H3,(H,25,31). The summed E-state index contributed by atoms with van der Waals surface area (Å²) in [5, 5.41) is 13.0. The van der Waals surface area contributed by atoms with Crippen molar-refractivity contribution in [2.75, 3.05) is 18.4 Å². The number of hydrogen-bond donors (Lipinski definition) is 2. The molecule has 1 aromatic carbocycles. The van der Waals surface area contributed by atoms with Gasteiger partial charge in [0.2, 0.25) is 11.8 Å². The molecule has 8 nitrogen and oxygen atoms in total. The number of piperidine rings is 1. The average molecular weight is 445 g/mol. The molecule has 0 spiro atoms. The van der Waals surface area contributed by atoms with E-state index in [1.807, 2.05) is 0 Å². The van der Waals surface area contributed by atoms with Crippen LogP contribution >= 0.6 is 11.6 Å². The average Bonchev–Trinajstić information content (AvgIpc) is 3.56. The van der Waals surface area contributed by atoms with Gasteiger partial charge in [0.15, 0.2) is 0 Å². The number of halogens is 1. The number of amides is 2. The summed E-state index contributed by atoms with van der Waals surface area (Å²) in [7, 11) is 0. The van der Waals surface area contributed by atoms with Crippen LogP contribution in [-0.4, -0.2) is 50.6 Å². The van der Waals surface area contributed by atoms with E-state index in [0.29, 0.717) is 53.7 Å². The van der Waals surface area contributed by atoms with E-state index in [4.69, 9.17) is 11.6 Å². The number of hydrogen-bond acceptors (Lipinski definition) is 5. The van der Waals surface area contributed by atoms with Gasteiger partial charge >= 0.3 is 0 Å². The van der Waals surface area contributed by atoms with Crippen molar-refractivity contribution in [1.29, 1.82) is 0 Å². The lowest BCUT2D eigenvalue weighted by Crippen LogP contribution is -2.43. The predicted octanol–water partition coefficient (Wildman–Crippen LogP) is 2.20. The molecule has 1 aromatic heterocycles. The van der Waals surface area contributed by atoms with Crippen molar-refractivity contribution >= 4 is 29.1 Å². The quantitative estimate of drug-likeness (QED) is 0.735. The number of aryl methyl sites for hydroxylation is 1. The van der Waals surface area contributed by atoms with Crippen molar-refractivity contribution in [3.63, 3.8) is 0 Å². The number of carbonyl (C=O) groups is 2. The maximum atomic E-state index is 12.8. The summed E-state index contributed by atoms with van der Waals surface area (Å²) in [6.45, 7) is 2.54. The van der Waals surface area contributed by atoms with E-state index >= 15 is 0 Å². The molecule has 2 aliphatic rings. The Morgan fingerprint density at radius 3 is 2.55 bits per heavy atom. The molecule has 4 rings (SSSR count). The normalized spacial score (nSPS) is 16.9. The van der Waals surface area contributed by atoms with Crippen molar-refractivity contribution in [3.8, 4) is 11.3 Å². The highest BCUT2D eigenvalue weighted by Gasteiger charge is 2.30. The first kappa shape index (κ1) is 21.5. The number of nitrogens with zero attached hydrogens (tertiary/aromatic N) is 3. The van der Waals surface area contributed by atoms with Crippen LogP contribution in [0.15, 0.2) is 29.1 Å². The van der Waals surface area contributed by atoms with Gasteiger partial charge in [-0.1, -0.05) is 11.6 Å². The summed E-state index contributed by atoms with van der Waals surface area (Å²) < 4.78 is 1.34. The Hall–Kier alpha value is -2.71. The third-order valence-corrected chi connectivity index (χ3v) is 6.01. The van der Waals surface area contributed by atoms with Gasteiger partial charge in [-0.25, -0.2) is 4.98 Å². The second-order valence-corrected chi connectivity index (χ2v) is 8.61. The SMILES string of the molecule is Cc1nc(-c2ccc(Cl)cc2NC(=O)C2CC2)cc(=O)n1CC(=O)N1CCC(O)CC1. The molecule has 0 radical (unpaired) electrons. The zero-order chi connectivity index (χ0) is 22.1. The fourth-order valence-electron chi connectivity index (χ4n) is 3.73. The van der Waals surface area contributed by atoms with Gasteiger partial charge in [0.1, 0.15) is 12.4 Å². The number of aromatic nitrogens is 2. The first-order valence-electron chi connectivity index (χ1n) is 10.5. The summed E-state index contributed by atoms with van der Waals surface area (Å²) in [6, 6.07) is 6.42. The third kappa shape index (κ3) is 4.97. The summed E-state index contributed by atoms with van der Waals surface area (Å²) in [6.07, 6.45) is 2.47. The lowest BCUT2D eigenvalue weighted by Gasteiger charge is -2.30. The van der Waals surface area contributed by atoms with Crippen LogP contribution in [0, 0.1) is 12.8 Å². The van der Waals surface area contributed by atoms with Gasteiger partial charge < -0.3 is 15.3 Å². The number of anilines is 1. The molecule has 1 saturated carbocycles. The molecule has 2 heterocycles. The number of carbonyl (C=O) groups excluding carboxylic acids is 2. The van der Waals surface area contributed by atoms with Crippen LogP contribution in [0.4, 0.5) is 5.69 Å². The number of nitrogens with one attached hydrogen (secondary N) is 1. The smallest absolute Gasteiger partial charge is 0.254 e. The van der Waals surface area contributed by atoms with E-state index in [-0.39, 0.29) is 35.9 Å². The van der Waals surface area contributed by atoms with Gasteiger partial charge in [0, 0.05) is 35.7 Å². The molecule has 2 N–H and O–H groups in total. The van der Waals surface area contributed by atoms with Gasteiger partial charge in [-0.3, -0.25) is 19.0 Å². The zero-order valence-corrected chi connectivity index (χ0v) is 18.1. The molecular weight excluding hydrogens is 420 g/mol. The van der Waals surface area contributed by atoms with Crippen molar-refractivity contribution in [2.24, 2.45) is 5.92 Å². The van der Waals surface area contributed by atoms with E-state index in [2.05, 4.69) is 10.3 Å². The van der Waals surface area contributed by atoms with Gasteiger partial charge in [-0.15, -0.1) is 0 Å². The highest BCUT2D eigenvalue weighted by atomic mass is 35.5. The van der Waals surface area contributed by atoms with Crippen LogP contribution in [0.25, 0.3) is 11.3 Å². The zero-order valence-electron chi connectivity index (χ0n) is 17.3. The topological polar surface area (TPSA) is 105 Å². The fraction of sp³-hybridized carbons (Fsp3) is 0.455. The van der Waals surface area contributed by atoms with Crippen molar-refractivity contribution in [1.82, 2.24) is 14.5 Å². The minimum Gasteiger partial charge on any atom is -0.393 e. The van der Waals surface area contributed by atoms with E-state index in [9.17, 15) is 19.5 Å². The summed E-state index contributed by atoms with van der Waals surface area (Å²) in [4.78, 5) is 43.9. The van der Waals surface area contributed by atoms with E-state index in [1.165, 1.54) is 10.6 Å². The second kappa shape index (κ2) is 8.80. The lowest BCUT2D eigenvalue weighted by molar-refractivity contribution is -0.133. The first-order chi connectivity index (χ1) is 14.8. The second-order valence-electron chi connectivity index (χ2n) is 8.18. The molecule has 0 unspecified atom stereocenters. The van der Waals surface area contributed by atoms with Crippen molar-refractivity contribution in [2.45, 2.75) is 45.3 Å². The number of rotatable bonds is 5. The van der Waals surface area contributed by atoms with E-state index in [1.54, 1.807) is 30.0 Å². The summed E-state index contributed by atoms with van der Waals surface area (Å²) in [5.41, 5.74) is 1.18. The van der Waals surface area contributed by atoms with Crippen LogP contribution in [0.3, 0.4) is 0 Å². The van der Waals surface area contributed by atoms with Gasteiger partial charge in [-0.05, 0) is 50.8 Å². The molecule has 9 heteroatoms. The monoisotopic (exact) mass is 444 g/mol. The highest BCUT2D eigenvalue weighted by molar-refractivity contribution is 6.31. The minimum atomic E-state index is -0.372. The van der Waals surface area contributed by atoms with Crippen molar-refractivity contribution in [3.05, 3.63) is 45.5 Å². The Morgan fingerprint density at radius 1 is 1.19 bits per heavy atom.